The van der Waals surface area contributed by atoms with Crippen molar-refractivity contribution in [2.75, 3.05) is 148 Å². The number of rotatable bonds is 18. The molecule has 888 valence electrons. The van der Waals surface area contributed by atoms with E-state index < -0.39 is 0 Å². The molecule has 0 nitrogen and oxygen atoms in total. The zero-order chi connectivity index (χ0) is 112. The number of hydrogen-bond acceptors (Lipinski definition) is 0. The summed E-state index contributed by atoms with van der Waals surface area (Å²) >= 11 is 0. The highest BCUT2D eigenvalue weighted by Gasteiger charge is 2.50. The first-order chi connectivity index (χ1) is 70.8. The van der Waals surface area contributed by atoms with Gasteiger partial charge < -0.3 is 0 Å². The molecule has 56 atom stereocenters. The Morgan fingerprint density at radius 3 is 0.782 bits per heavy atom. The summed E-state index contributed by atoms with van der Waals surface area (Å²) in [6.07, 6.45) is 98.2. The van der Waals surface area contributed by atoms with E-state index in [4.69, 9.17) is 0 Å². The molecule has 17 aliphatic rings. The van der Waals surface area contributed by atoms with E-state index >= 15 is 0 Å². The van der Waals surface area contributed by atoms with Crippen molar-refractivity contribution in [2.45, 2.75) is 414 Å². The van der Waals surface area contributed by atoms with Crippen LogP contribution >= 0.6 is 222 Å². The first-order valence-electron chi connectivity index (χ1n) is 63.6. The van der Waals surface area contributed by atoms with Gasteiger partial charge in [-0.05, 0) is 515 Å². The number of fused-ring (bicyclic) bond motifs is 11. The molecule has 0 radical (unpaired) electrons. The van der Waals surface area contributed by atoms with Crippen LogP contribution in [0.1, 0.15) is 414 Å². The van der Waals surface area contributed by atoms with Crippen molar-refractivity contribution in [3.63, 3.8) is 0 Å². The molecule has 56 unspecified atom stereocenters. The Balaban J connectivity index is -0.00000151. The average molecular weight is 2500 g/mol. The molecular weight excluding hydrogens is 2220 g/mol. The van der Waals surface area contributed by atoms with Crippen LogP contribution < -0.4 is 0 Å². The monoisotopic (exact) mass is 2500 g/mol. The van der Waals surface area contributed by atoms with Crippen LogP contribution in [0.25, 0.3) is 0 Å². The van der Waals surface area contributed by atoms with E-state index in [9.17, 15) is 0 Å². The molecule has 17 fully saturated rings. The SMILES string of the molecule is C1CC2C3CCC(C3)C2C1.CC1CC(C)C(CP)C(CP)C1.CC1CCC(C)C(CP)C1CP.CC1CCC(CP)C(CP)C1.CC1CCC(CP)C(CP)C1C.CC1CCCC(CP)C1CP.CCC1CC2CCC1C2.CCC1CCCCC1.CCP.CCP.CCP.CCP.CCP.CCP.CCP.CCP.PCC1C2CCC(C2)C1CP.PCC1CC2CCC1C2.PCC1CCC(CP)CC1.PCC1CCCCC1. The van der Waals surface area contributed by atoms with E-state index in [2.05, 4.69) is 346 Å². The van der Waals surface area contributed by atoms with Crippen molar-refractivity contribution in [1.29, 1.82) is 0 Å². The van der Waals surface area contributed by atoms with E-state index in [1.165, 1.54) is 364 Å². The highest BCUT2D eigenvalue weighted by molar-refractivity contribution is 7.20. The minimum absolute atomic E-state index is 0.932. The lowest BCUT2D eigenvalue weighted by Gasteiger charge is -2.40. The van der Waals surface area contributed by atoms with Crippen molar-refractivity contribution in [1.82, 2.24) is 0 Å². The molecule has 0 amide bonds. The molecule has 0 aromatic rings. The molecule has 0 aromatic carbocycles. The van der Waals surface area contributed by atoms with Crippen LogP contribution in [0.2, 0.25) is 0 Å². The zero-order valence-corrected chi connectivity index (χ0v) is 129. The van der Waals surface area contributed by atoms with Gasteiger partial charge in [0, 0.05) is 0 Å². The second-order valence-electron chi connectivity index (χ2n) is 49.3. The van der Waals surface area contributed by atoms with E-state index in [0.29, 0.717) is 0 Å². The molecule has 17 saturated carbocycles. The first kappa shape index (κ1) is 161. The van der Waals surface area contributed by atoms with Gasteiger partial charge in [0.1, 0.15) is 0 Å². The standard InChI is InChI=1S/3C10H22P2.C10H16.C9H18P2.2C9H20P2.C9H16.C8H18P2.C8H15P.C8H16.C7H15P.8C2H7P/c1-7-3-8(2)10(6-12)9(4-7)5-11;1-7-3-4-9(5-11)10(6-12)8(7)2;1-7-3-4-8(2)10(6-12)9(7)5-11;1-2-9-7-4-5-8(6-7)10(9)3-1;10-4-8-6-1-2-7(3-6)9(8)5-11;1-7-2-3-8(5-10)9(4-7)6-11;1-7-3-2-4-8(5-10)9(7)6-11;1-2-8-5-7-3-4-9(8)6-7;9-5-7-1-2-8(6-10)4-3-7;9-5-8-4-6-1-2-7(8)3-6;1-2-8-6-4-3-5-7-8;8-6-7-4-2-1-3-5-7;8*1-2-3/h3*7-10H,3-6,11-12H2,1-2H3;7-10H,1-6H2;6-9H,1-5,10-11H2;2*7-9H,2-6,10-11H2,1H3;7-9H,2-6H2,1H3;7-8H,1-6,9-10H2;6-8H,1-5,9H2;8H,2-7H2,1H3;7H,1-6,8H2;8*2-3H2,1H3. The van der Waals surface area contributed by atoms with Crippen molar-refractivity contribution in [3.8, 4) is 0 Å². The predicted molar refractivity (Wildman–Crippen MR) is 785 cm³/mol. The third-order valence-corrected chi connectivity index (χ3v) is 48.1. The fourth-order valence-corrected chi connectivity index (χ4v) is 40.4. The molecule has 8 bridgehead atoms. The van der Waals surface area contributed by atoms with Gasteiger partial charge in [0.05, 0.1) is 0 Å². The Labute approximate surface area is 987 Å². The summed E-state index contributed by atoms with van der Waals surface area (Å²) in [5, 5.41) is 0. The zero-order valence-electron chi connectivity index (χ0n) is 101. The third kappa shape index (κ3) is 69.6. The molecular formula is C123H276P24. The van der Waals surface area contributed by atoms with Crippen LogP contribution in [0.15, 0.2) is 0 Å². The van der Waals surface area contributed by atoms with Crippen molar-refractivity contribution < 1.29 is 0 Å². The molecule has 0 aromatic heterocycles. The molecule has 17 rings (SSSR count). The van der Waals surface area contributed by atoms with Crippen molar-refractivity contribution in [3.05, 3.63) is 0 Å². The molecule has 0 heterocycles. The Morgan fingerprint density at radius 2 is 0.469 bits per heavy atom. The van der Waals surface area contributed by atoms with Gasteiger partial charge in [-0.15, -0.1) is 222 Å². The summed E-state index contributed by atoms with van der Waals surface area (Å²) in [7, 11) is 67.2. The van der Waals surface area contributed by atoms with Crippen LogP contribution in [0.4, 0.5) is 0 Å². The highest BCUT2D eigenvalue weighted by atomic mass is 31.1. The maximum atomic E-state index is 2.94. The maximum Gasteiger partial charge on any atom is -0.0317 e. The van der Waals surface area contributed by atoms with Gasteiger partial charge in [-0.25, -0.2) is 0 Å². The second-order valence-corrected chi connectivity index (χ2v) is 63.4. The minimum atomic E-state index is 0.932. The van der Waals surface area contributed by atoms with Gasteiger partial charge in [-0.3, -0.25) is 0 Å². The van der Waals surface area contributed by atoms with Gasteiger partial charge in [-0.2, -0.15) is 0 Å². The lowest BCUT2D eigenvalue weighted by molar-refractivity contribution is 0.143. The van der Waals surface area contributed by atoms with Gasteiger partial charge in [0.25, 0.3) is 0 Å². The number of hydrogen-bond donors (Lipinski definition) is 0. The van der Waals surface area contributed by atoms with Crippen LogP contribution in [0, 0.1) is 213 Å². The van der Waals surface area contributed by atoms with Gasteiger partial charge in [-0.1, -0.05) is 259 Å². The summed E-state index contributed by atoms with van der Waals surface area (Å²) in [5.41, 5.74) is 0. The van der Waals surface area contributed by atoms with Gasteiger partial charge in [0.2, 0.25) is 0 Å². The largest absolute Gasteiger partial charge is 0.138 e. The smallest absolute Gasteiger partial charge is 0.0317 e. The molecule has 0 spiro atoms. The maximum absolute atomic E-state index is 2.94. The van der Waals surface area contributed by atoms with Gasteiger partial charge >= 0.3 is 0 Å². The fourth-order valence-electron chi connectivity index (χ4n) is 29.9. The molecule has 24 heteroatoms. The minimum Gasteiger partial charge on any atom is -0.138 e. The van der Waals surface area contributed by atoms with Gasteiger partial charge in [0.15, 0.2) is 0 Å². The van der Waals surface area contributed by atoms with Crippen LogP contribution in [0.3, 0.4) is 0 Å². The Morgan fingerprint density at radius 1 is 0.156 bits per heavy atom. The summed E-state index contributed by atoms with van der Waals surface area (Å²) < 4.78 is 0. The Hall–Kier alpha value is 10.3. The summed E-state index contributed by atoms with van der Waals surface area (Å²) in [4.78, 5) is 0. The third-order valence-electron chi connectivity index (χ3n) is 38.7. The van der Waals surface area contributed by atoms with E-state index in [0.717, 1.165) is 189 Å². The highest BCUT2D eigenvalue weighted by Crippen LogP contribution is 2.59. The van der Waals surface area contributed by atoms with E-state index in [1.807, 2.05) is 0 Å². The van der Waals surface area contributed by atoms with Crippen LogP contribution in [0.5, 0.6) is 0 Å². The fraction of sp³-hybridized carbons (Fsp3) is 1.00. The predicted octanol–water partition coefficient (Wildman–Crippen LogP) is 40.1. The van der Waals surface area contributed by atoms with Crippen LogP contribution in [-0.2, 0) is 0 Å². The quantitative estimate of drug-likeness (QED) is 0.120. The lowest BCUT2D eigenvalue weighted by atomic mass is 9.69. The Bertz CT molecular complexity index is 2580. The van der Waals surface area contributed by atoms with Crippen molar-refractivity contribution >= 4 is 222 Å². The van der Waals surface area contributed by atoms with E-state index in [-0.39, 0.29) is 0 Å². The summed E-state index contributed by atoms with van der Waals surface area (Å²) in [5.74, 6) is 37.4. The second kappa shape index (κ2) is 107. The van der Waals surface area contributed by atoms with Crippen LogP contribution in [-0.4, -0.2) is 148 Å². The molecule has 147 heavy (non-hydrogen) atoms. The molecule has 17 aliphatic carbocycles. The van der Waals surface area contributed by atoms with E-state index in [1.54, 1.807) is 96.3 Å². The molecule has 0 N–H and O–H groups in total. The topological polar surface area (TPSA) is 0 Å². The molecule has 0 saturated heterocycles. The average Bonchev–Trinajstić information content (AvgIpc) is 1.62. The first-order valence-corrected chi connectivity index (χ1v) is 83.2. The lowest BCUT2D eigenvalue weighted by Crippen LogP contribution is -2.34. The summed E-state index contributed by atoms with van der Waals surface area (Å²) in [6, 6.07) is 0. The normalized spacial score (nSPS) is 35.7. The molecule has 0 aliphatic heterocycles. The summed E-state index contributed by atoms with van der Waals surface area (Å²) in [6.45, 7) is 40.7. The van der Waals surface area contributed by atoms with Crippen molar-refractivity contribution in [2.24, 2.45) is 213 Å². The Kier molecular flexibility index (Phi) is 118.